The van der Waals surface area contributed by atoms with Crippen LogP contribution in [0, 0.1) is 12.7 Å². The average molecular weight is 313 g/mol. The molecule has 1 fully saturated rings. The Morgan fingerprint density at radius 2 is 1.91 bits per heavy atom. The van der Waals surface area contributed by atoms with Crippen molar-refractivity contribution in [1.82, 2.24) is 4.90 Å². The van der Waals surface area contributed by atoms with Crippen LogP contribution in [0.5, 0.6) is 0 Å². The molecule has 1 saturated heterocycles. The summed E-state index contributed by atoms with van der Waals surface area (Å²) >= 11 is 0. The second kappa shape index (κ2) is 6.50. The molecule has 0 amide bonds. The van der Waals surface area contributed by atoms with E-state index in [-0.39, 0.29) is 11.9 Å². The van der Waals surface area contributed by atoms with E-state index in [4.69, 9.17) is 0 Å². The van der Waals surface area contributed by atoms with Crippen LogP contribution in [-0.2, 0) is 4.79 Å². The van der Waals surface area contributed by atoms with Gasteiger partial charge in [0.15, 0.2) is 0 Å². The second-order valence-corrected chi connectivity index (χ2v) is 6.11. The van der Waals surface area contributed by atoms with Crippen LogP contribution in [0.25, 0.3) is 0 Å². The number of carbonyl (C=O) groups is 1. The number of carboxylic acid groups (broad SMARTS) is 1. The highest BCUT2D eigenvalue weighted by Gasteiger charge is 2.36. The maximum atomic E-state index is 13.7. The number of benzene rings is 2. The first-order chi connectivity index (χ1) is 11.1. The van der Waals surface area contributed by atoms with Crippen LogP contribution in [0.15, 0.2) is 48.5 Å². The number of rotatable bonds is 4. The van der Waals surface area contributed by atoms with Crippen LogP contribution >= 0.6 is 0 Å². The van der Waals surface area contributed by atoms with E-state index in [2.05, 4.69) is 0 Å². The van der Waals surface area contributed by atoms with Crippen LogP contribution in [0.3, 0.4) is 0 Å². The highest BCUT2D eigenvalue weighted by Crippen LogP contribution is 2.35. The predicted octanol–water partition coefficient (Wildman–Crippen LogP) is 3.77. The van der Waals surface area contributed by atoms with Crippen LogP contribution in [0.2, 0.25) is 0 Å². The van der Waals surface area contributed by atoms with E-state index in [0.29, 0.717) is 13.0 Å². The lowest BCUT2D eigenvalue weighted by molar-refractivity contribution is -0.142. The first kappa shape index (κ1) is 15.7. The Bertz CT molecular complexity index is 671. The summed E-state index contributed by atoms with van der Waals surface area (Å²) in [5.41, 5.74) is 2.91. The molecule has 23 heavy (non-hydrogen) atoms. The molecule has 4 heteroatoms. The number of halogens is 1. The maximum absolute atomic E-state index is 13.7. The molecule has 0 saturated carbocycles. The van der Waals surface area contributed by atoms with Crippen LogP contribution < -0.4 is 0 Å². The molecule has 120 valence electrons. The average Bonchev–Trinajstić information content (AvgIpc) is 2.97. The van der Waals surface area contributed by atoms with Crippen molar-refractivity contribution in [1.29, 1.82) is 0 Å². The lowest BCUT2D eigenvalue weighted by Gasteiger charge is -2.32. The molecule has 3 nitrogen and oxygen atoms in total. The third kappa shape index (κ3) is 3.27. The summed E-state index contributed by atoms with van der Waals surface area (Å²) in [6.07, 6.45) is 1.47. The third-order valence-electron chi connectivity index (χ3n) is 4.43. The minimum absolute atomic E-state index is 0.241. The lowest BCUT2D eigenvalue weighted by Crippen LogP contribution is -2.39. The molecule has 1 N–H and O–H groups in total. The van der Waals surface area contributed by atoms with Crippen molar-refractivity contribution in [2.45, 2.75) is 31.8 Å². The van der Waals surface area contributed by atoms with Gasteiger partial charge in [-0.25, -0.2) is 4.39 Å². The molecule has 0 aromatic heterocycles. The second-order valence-electron chi connectivity index (χ2n) is 6.11. The molecular weight excluding hydrogens is 293 g/mol. The zero-order valence-electron chi connectivity index (χ0n) is 13.1. The van der Waals surface area contributed by atoms with Gasteiger partial charge in [0, 0.05) is 6.54 Å². The lowest BCUT2D eigenvalue weighted by atomic mass is 9.95. The van der Waals surface area contributed by atoms with Gasteiger partial charge < -0.3 is 5.11 Å². The van der Waals surface area contributed by atoms with Gasteiger partial charge in [0.05, 0.1) is 6.04 Å². The highest BCUT2D eigenvalue weighted by molar-refractivity contribution is 5.74. The van der Waals surface area contributed by atoms with Gasteiger partial charge in [0.2, 0.25) is 0 Å². The zero-order chi connectivity index (χ0) is 16.4. The van der Waals surface area contributed by atoms with Crippen molar-refractivity contribution in [3.63, 3.8) is 0 Å². The minimum atomic E-state index is -0.809. The summed E-state index contributed by atoms with van der Waals surface area (Å²) in [4.78, 5) is 13.6. The highest BCUT2D eigenvalue weighted by atomic mass is 19.1. The van der Waals surface area contributed by atoms with Crippen molar-refractivity contribution >= 4 is 5.97 Å². The van der Waals surface area contributed by atoms with Crippen molar-refractivity contribution in [2.24, 2.45) is 0 Å². The van der Waals surface area contributed by atoms with E-state index in [0.717, 1.165) is 23.1 Å². The topological polar surface area (TPSA) is 40.5 Å². The molecule has 1 heterocycles. The monoisotopic (exact) mass is 313 g/mol. The van der Waals surface area contributed by atoms with Gasteiger partial charge >= 0.3 is 5.97 Å². The Labute approximate surface area is 135 Å². The van der Waals surface area contributed by atoms with Crippen molar-refractivity contribution in [3.05, 3.63) is 71.0 Å². The van der Waals surface area contributed by atoms with Gasteiger partial charge in [0.25, 0.3) is 0 Å². The summed E-state index contributed by atoms with van der Waals surface area (Å²) in [5.74, 6) is -1.11. The van der Waals surface area contributed by atoms with Crippen LogP contribution in [-0.4, -0.2) is 28.6 Å². The normalized spacial score (nSPS) is 19.7. The fraction of sp³-hybridized carbons (Fsp3) is 0.316. The largest absolute Gasteiger partial charge is 0.480 e. The number of hydrogen-bond acceptors (Lipinski definition) is 2. The van der Waals surface area contributed by atoms with Crippen LogP contribution in [0.4, 0.5) is 4.39 Å². The smallest absolute Gasteiger partial charge is 0.320 e. The molecule has 0 spiro atoms. The fourth-order valence-electron chi connectivity index (χ4n) is 3.46. The summed E-state index contributed by atoms with van der Waals surface area (Å²) < 4.78 is 13.7. The first-order valence-corrected chi connectivity index (χ1v) is 7.87. The first-order valence-electron chi connectivity index (χ1n) is 7.87. The fourth-order valence-corrected chi connectivity index (χ4v) is 3.46. The Balaban J connectivity index is 2.08. The molecule has 0 radical (unpaired) electrons. The Hall–Kier alpha value is -2.20. The summed E-state index contributed by atoms with van der Waals surface area (Å²) in [7, 11) is 0. The van der Waals surface area contributed by atoms with Gasteiger partial charge in [-0.2, -0.15) is 0 Å². The molecule has 1 aliphatic rings. The Kier molecular flexibility index (Phi) is 4.44. The molecule has 0 aliphatic carbocycles. The van der Waals surface area contributed by atoms with E-state index >= 15 is 0 Å². The number of carboxylic acids is 1. The quantitative estimate of drug-likeness (QED) is 0.934. The third-order valence-corrected chi connectivity index (χ3v) is 4.43. The van der Waals surface area contributed by atoms with Gasteiger partial charge in [-0.15, -0.1) is 0 Å². The number of aliphatic carboxylic acids is 1. The van der Waals surface area contributed by atoms with E-state index in [9.17, 15) is 14.3 Å². The van der Waals surface area contributed by atoms with E-state index in [1.54, 1.807) is 6.07 Å². The van der Waals surface area contributed by atoms with E-state index in [1.807, 2.05) is 42.2 Å². The minimum Gasteiger partial charge on any atom is -0.480 e. The molecule has 3 rings (SSSR count). The number of hydrogen-bond donors (Lipinski definition) is 1. The molecule has 2 atom stereocenters. The van der Waals surface area contributed by atoms with Crippen molar-refractivity contribution in [2.75, 3.05) is 6.54 Å². The van der Waals surface area contributed by atoms with Gasteiger partial charge in [-0.05, 0) is 43.0 Å². The number of likely N-dealkylation sites (tertiary alicyclic amines) is 1. The maximum Gasteiger partial charge on any atom is 0.320 e. The standard InChI is InChI=1S/C19H20FNO2/c1-13-5-2-6-14(11-13)18(15-7-3-8-16(20)12-15)21-10-4-9-17(21)19(22)23/h2-3,5-8,11-12,17-18H,4,9-10H2,1H3,(H,22,23). The van der Waals surface area contributed by atoms with Crippen molar-refractivity contribution < 1.29 is 14.3 Å². The van der Waals surface area contributed by atoms with E-state index < -0.39 is 12.0 Å². The van der Waals surface area contributed by atoms with E-state index in [1.165, 1.54) is 12.1 Å². The van der Waals surface area contributed by atoms with Gasteiger partial charge in [-0.3, -0.25) is 9.69 Å². The molecular formula is C19H20FNO2. The summed E-state index contributed by atoms with van der Waals surface area (Å²) in [6, 6.07) is 13.7. The Morgan fingerprint density at radius 1 is 1.22 bits per heavy atom. The predicted molar refractivity (Wildman–Crippen MR) is 86.8 cm³/mol. The number of aryl methyl sites for hydroxylation is 1. The van der Waals surface area contributed by atoms with Gasteiger partial charge in [-0.1, -0.05) is 42.0 Å². The molecule has 2 aromatic rings. The molecule has 1 aliphatic heterocycles. The summed E-state index contributed by atoms with van der Waals surface area (Å²) in [5, 5.41) is 9.52. The summed E-state index contributed by atoms with van der Waals surface area (Å²) in [6.45, 7) is 2.71. The number of nitrogens with zero attached hydrogens (tertiary/aromatic N) is 1. The SMILES string of the molecule is Cc1cccc(C(c2cccc(F)c2)N2CCCC2C(=O)O)c1. The van der Waals surface area contributed by atoms with Gasteiger partial charge in [0.1, 0.15) is 11.9 Å². The Morgan fingerprint density at radius 3 is 2.57 bits per heavy atom. The molecule has 0 bridgehead atoms. The zero-order valence-corrected chi connectivity index (χ0v) is 13.1. The van der Waals surface area contributed by atoms with Crippen LogP contribution in [0.1, 0.15) is 35.6 Å². The van der Waals surface area contributed by atoms with Crippen molar-refractivity contribution in [3.8, 4) is 0 Å². The molecule has 2 unspecified atom stereocenters. The molecule has 2 aromatic carbocycles.